The van der Waals surface area contributed by atoms with Gasteiger partial charge in [0.1, 0.15) is 0 Å². The summed E-state index contributed by atoms with van der Waals surface area (Å²) in [4.78, 5) is 11.3. The highest BCUT2D eigenvalue weighted by Crippen LogP contribution is 2.27. The fourth-order valence-electron chi connectivity index (χ4n) is 2.31. The molecule has 0 fully saturated rings. The van der Waals surface area contributed by atoms with Crippen LogP contribution in [0.25, 0.3) is 0 Å². The van der Waals surface area contributed by atoms with Gasteiger partial charge < -0.3 is 10.1 Å². The number of hydrogen-bond donors (Lipinski definition) is 1. The normalized spacial score (nSPS) is 13.1. The number of benzene rings is 1. The number of ether oxygens (including phenoxy) is 1. The fourth-order valence-corrected chi connectivity index (χ4v) is 2.31. The van der Waals surface area contributed by atoms with Crippen molar-refractivity contribution in [2.45, 2.75) is 45.6 Å². The van der Waals surface area contributed by atoms with Crippen LogP contribution >= 0.6 is 0 Å². The number of nitrogens with one attached hydrogen (secondary N) is 1. The first kappa shape index (κ1) is 15.7. The van der Waals surface area contributed by atoms with Gasteiger partial charge in [0.2, 0.25) is 0 Å². The van der Waals surface area contributed by atoms with E-state index in [2.05, 4.69) is 50.4 Å². The molecule has 1 unspecified atom stereocenters. The van der Waals surface area contributed by atoms with E-state index in [0.717, 1.165) is 6.42 Å². The summed E-state index contributed by atoms with van der Waals surface area (Å²) in [5, 5.41) is 3.22. The zero-order valence-corrected chi connectivity index (χ0v) is 12.4. The maximum atomic E-state index is 11.3. The van der Waals surface area contributed by atoms with Crippen LogP contribution in [0.2, 0.25) is 0 Å². The largest absolute Gasteiger partial charge is 0.465 e. The van der Waals surface area contributed by atoms with Crippen molar-refractivity contribution in [3.63, 3.8) is 0 Å². The summed E-state index contributed by atoms with van der Waals surface area (Å²) in [7, 11) is 0. The highest BCUT2D eigenvalue weighted by Gasteiger charge is 2.23. The van der Waals surface area contributed by atoms with Crippen LogP contribution in [0.1, 0.15) is 39.7 Å². The molecule has 1 aromatic carbocycles. The van der Waals surface area contributed by atoms with Crippen molar-refractivity contribution in [2.24, 2.45) is 0 Å². The van der Waals surface area contributed by atoms with Gasteiger partial charge >= 0.3 is 5.97 Å². The summed E-state index contributed by atoms with van der Waals surface area (Å²) in [5.41, 5.74) is 1.40. The molecule has 0 saturated carbocycles. The van der Waals surface area contributed by atoms with E-state index in [9.17, 15) is 4.79 Å². The lowest BCUT2D eigenvalue weighted by atomic mass is 9.79. The van der Waals surface area contributed by atoms with Crippen molar-refractivity contribution in [1.29, 1.82) is 0 Å². The molecule has 0 heterocycles. The fraction of sp³-hybridized carbons (Fsp3) is 0.562. The van der Waals surface area contributed by atoms with E-state index >= 15 is 0 Å². The van der Waals surface area contributed by atoms with E-state index in [1.54, 1.807) is 0 Å². The Morgan fingerprint density at radius 3 is 2.53 bits per heavy atom. The third kappa shape index (κ3) is 5.43. The first-order chi connectivity index (χ1) is 8.95. The Bertz CT molecular complexity index is 387. The van der Waals surface area contributed by atoms with E-state index in [1.165, 1.54) is 5.56 Å². The molecule has 19 heavy (non-hydrogen) atoms. The van der Waals surface area contributed by atoms with Crippen molar-refractivity contribution < 1.29 is 9.53 Å². The van der Waals surface area contributed by atoms with Crippen molar-refractivity contribution in [3.8, 4) is 0 Å². The van der Waals surface area contributed by atoms with Gasteiger partial charge in [-0.3, -0.25) is 4.79 Å². The smallest absolute Gasteiger partial charge is 0.319 e. The van der Waals surface area contributed by atoms with Gasteiger partial charge in [-0.25, -0.2) is 0 Å². The summed E-state index contributed by atoms with van der Waals surface area (Å²) >= 11 is 0. The Balaban J connectivity index is 2.47. The molecular weight excluding hydrogens is 238 g/mol. The Labute approximate surface area is 116 Å². The zero-order valence-electron chi connectivity index (χ0n) is 12.4. The van der Waals surface area contributed by atoms with Gasteiger partial charge in [0.15, 0.2) is 0 Å². The van der Waals surface area contributed by atoms with Crippen LogP contribution in [0, 0.1) is 0 Å². The predicted molar refractivity (Wildman–Crippen MR) is 78.2 cm³/mol. The Morgan fingerprint density at radius 1 is 1.32 bits per heavy atom. The summed E-state index contributed by atoms with van der Waals surface area (Å²) < 4.78 is 4.91. The quantitative estimate of drug-likeness (QED) is 0.769. The minimum atomic E-state index is -0.188. The number of esters is 1. The van der Waals surface area contributed by atoms with Gasteiger partial charge in [0, 0.05) is 6.04 Å². The molecule has 1 atom stereocenters. The molecule has 1 aromatic rings. The molecule has 0 saturated heterocycles. The third-order valence-electron chi connectivity index (χ3n) is 3.27. The average Bonchev–Trinajstić information content (AvgIpc) is 2.37. The first-order valence-electron chi connectivity index (χ1n) is 6.90. The van der Waals surface area contributed by atoms with Gasteiger partial charge in [-0.05, 0) is 31.2 Å². The molecule has 0 spiro atoms. The molecule has 0 bridgehead atoms. The molecule has 0 amide bonds. The van der Waals surface area contributed by atoms with Crippen LogP contribution in [-0.2, 0) is 14.9 Å². The van der Waals surface area contributed by atoms with E-state index < -0.39 is 0 Å². The summed E-state index contributed by atoms with van der Waals surface area (Å²) in [6.45, 7) is 9.09. The van der Waals surface area contributed by atoms with Crippen LogP contribution in [0.3, 0.4) is 0 Å². The molecule has 106 valence electrons. The predicted octanol–water partition coefficient (Wildman–Crippen LogP) is 2.90. The van der Waals surface area contributed by atoms with Crippen molar-refractivity contribution in [1.82, 2.24) is 5.32 Å². The van der Waals surface area contributed by atoms with Crippen LogP contribution in [-0.4, -0.2) is 25.2 Å². The minimum Gasteiger partial charge on any atom is -0.465 e. The van der Waals surface area contributed by atoms with Crippen LogP contribution in [0.4, 0.5) is 0 Å². The second-order valence-electron chi connectivity index (χ2n) is 5.54. The number of carbonyl (C=O) groups excluding carboxylic acids is 1. The molecule has 0 aliphatic rings. The summed E-state index contributed by atoms with van der Waals surface area (Å²) in [6.07, 6.45) is 0.969. The van der Waals surface area contributed by atoms with Gasteiger partial charge in [-0.15, -0.1) is 0 Å². The maximum Gasteiger partial charge on any atom is 0.319 e. The maximum absolute atomic E-state index is 11.3. The van der Waals surface area contributed by atoms with E-state index in [1.807, 2.05) is 13.0 Å². The van der Waals surface area contributed by atoms with Gasteiger partial charge in [0.25, 0.3) is 0 Å². The highest BCUT2D eigenvalue weighted by molar-refractivity contribution is 5.71. The summed E-state index contributed by atoms with van der Waals surface area (Å²) in [6, 6.07) is 10.7. The molecule has 3 nitrogen and oxygen atoms in total. The van der Waals surface area contributed by atoms with Gasteiger partial charge in [-0.2, -0.15) is 0 Å². The van der Waals surface area contributed by atoms with E-state index in [0.29, 0.717) is 6.61 Å². The molecule has 0 radical (unpaired) electrons. The lowest BCUT2D eigenvalue weighted by Crippen LogP contribution is -2.36. The lowest BCUT2D eigenvalue weighted by Gasteiger charge is -2.29. The Morgan fingerprint density at radius 2 is 1.95 bits per heavy atom. The lowest BCUT2D eigenvalue weighted by molar-refractivity contribution is -0.142. The van der Waals surface area contributed by atoms with Crippen LogP contribution in [0.15, 0.2) is 30.3 Å². The second kappa shape index (κ2) is 7.29. The number of hydrogen-bond acceptors (Lipinski definition) is 3. The van der Waals surface area contributed by atoms with Crippen LogP contribution in [0.5, 0.6) is 0 Å². The molecule has 1 rings (SSSR count). The second-order valence-corrected chi connectivity index (χ2v) is 5.54. The number of rotatable bonds is 7. The minimum absolute atomic E-state index is 0.0857. The third-order valence-corrected chi connectivity index (χ3v) is 3.27. The molecule has 0 aromatic heterocycles. The molecule has 3 heteroatoms. The molecule has 0 aliphatic carbocycles. The summed E-state index contributed by atoms with van der Waals surface area (Å²) in [5.74, 6) is -0.188. The average molecular weight is 263 g/mol. The molecular formula is C16H25NO2. The SMILES string of the molecule is CCOC(=O)CNC(C)CC(C)(C)c1ccccc1. The molecule has 0 aliphatic heterocycles. The standard InChI is InChI=1S/C16H25NO2/c1-5-19-15(18)12-17-13(2)11-16(3,4)14-9-7-6-8-10-14/h6-10,13,17H,5,11-12H2,1-4H3. The van der Waals surface area contributed by atoms with Crippen molar-refractivity contribution >= 4 is 5.97 Å². The highest BCUT2D eigenvalue weighted by atomic mass is 16.5. The Hall–Kier alpha value is -1.35. The monoisotopic (exact) mass is 263 g/mol. The van der Waals surface area contributed by atoms with Crippen LogP contribution < -0.4 is 5.32 Å². The van der Waals surface area contributed by atoms with E-state index in [-0.39, 0.29) is 24.0 Å². The van der Waals surface area contributed by atoms with Gasteiger partial charge in [0.05, 0.1) is 13.2 Å². The van der Waals surface area contributed by atoms with Crippen molar-refractivity contribution in [2.75, 3.05) is 13.2 Å². The first-order valence-corrected chi connectivity index (χ1v) is 6.90. The topological polar surface area (TPSA) is 38.3 Å². The van der Waals surface area contributed by atoms with E-state index in [4.69, 9.17) is 4.74 Å². The number of carbonyl (C=O) groups is 1. The molecule has 1 N–H and O–H groups in total. The Kier molecular flexibility index (Phi) is 6.03. The van der Waals surface area contributed by atoms with Crippen molar-refractivity contribution in [3.05, 3.63) is 35.9 Å². The van der Waals surface area contributed by atoms with Gasteiger partial charge in [-0.1, -0.05) is 44.2 Å². The zero-order chi connectivity index (χ0) is 14.3.